The summed E-state index contributed by atoms with van der Waals surface area (Å²) in [6.45, 7) is 0.196. The van der Waals surface area contributed by atoms with Crippen molar-refractivity contribution in [1.29, 1.82) is 0 Å². The molecule has 216 valence electrons. The number of guanidine groups is 1. The molecule has 0 aliphatic heterocycles. The van der Waals surface area contributed by atoms with E-state index in [1.807, 2.05) is 36.4 Å². The van der Waals surface area contributed by atoms with Crippen LogP contribution in [0.15, 0.2) is 65.7 Å². The summed E-state index contributed by atoms with van der Waals surface area (Å²) in [6, 6.07) is 13.9. The van der Waals surface area contributed by atoms with E-state index in [1.54, 1.807) is 24.3 Å². The Bertz CT molecular complexity index is 1150. The SMILES string of the molecule is NC(N)=NCCCC(NC(=O)C(CS)NC(=O)C(Cc1ccccc1)NC(=O)C(N)Cc1ccccc1)C(=O)O. The summed E-state index contributed by atoms with van der Waals surface area (Å²) in [5.41, 5.74) is 18.3. The number of aliphatic carboxylic acids is 1. The van der Waals surface area contributed by atoms with Crippen LogP contribution in [0.1, 0.15) is 24.0 Å². The third-order valence-electron chi connectivity index (χ3n) is 5.93. The molecule has 10 N–H and O–H groups in total. The average Bonchev–Trinajstić information content (AvgIpc) is 2.93. The Morgan fingerprint density at radius 1 is 0.775 bits per heavy atom. The standard InChI is InChI=1S/C27H37N7O5S/c28-19(14-17-8-3-1-4-9-17)23(35)33-21(15-18-10-5-2-6-11-18)24(36)34-22(16-40)25(37)32-20(26(38)39)12-7-13-31-27(29)30/h1-6,8-11,19-22,40H,7,12-16,28H2,(H,32,37)(H,33,35)(H,34,36)(H,38,39)(H4,29,30,31). The number of benzene rings is 2. The number of hydrogen-bond acceptors (Lipinski definition) is 7. The first-order chi connectivity index (χ1) is 19.1. The van der Waals surface area contributed by atoms with Crippen LogP contribution >= 0.6 is 12.6 Å². The smallest absolute Gasteiger partial charge is 0.326 e. The summed E-state index contributed by atoms with van der Waals surface area (Å²) in [7, 11) is 0. The van der Waals surface area contributed by atoms with Gasteiger partial charge in [0.1, 0.15) is 18.1 Å². The molecule has 2 aromatic rings. The Morgan fingerprint density at radius 3 is 1.80 bits per heavy atom. The van der Waals surface area contributed by atoms with Crippen molar-refractivity contribution in [3.05, 3.63) is 71.8 Å². The normalized spacial score (nSPS) is 13.7. The van der Waals surface area contributed by atoms with Gasteiger partial charge in [-0.1, -0.05) is 60.7 Å². The average molecular weight is 572 g/mol. The number of thiol groups is 1. The number of carbonyl (C=O) groups is 4. The van der Waals surface area contributed by atoms with Gasteiger partial charge in [-0.25, -0.2) is 4.79 Å². The lowest BCUT2D eigenvalue weighted by molar-refractivity contribution is -0.142. The minimum atomic E-state index is -1.25. The Hall–Kier alpha value is -4.10. The third kappa shape index (κ3) is 11.3. The molecule has 0 radical (unpaired) electrons. The van der Waals surface area contributed by atoms with Gasteiger partial charge in [0.15, 0.2) is 5.96 Å². The van der Waals surface area contributed by atoms with E-state index in [1.165, 1.54) is 0 Å². The highest BCUT2D eigenvalue weighted by molar-refractivity contribution is 7.80. The largest absolute Gasteiger partial charge is 0.480 e. The Morgan fingerprint density at radius 2 is 1.27 bits per heavy atom. The van der Waals surface area contributed by atoms with Gasteiger partial charge in [0.25, 0.3) is 0 Å². The molecule has 2 rings (SSSR count). The highest BCUT2D eigenvalue weighted by atomic mass is 32.1. The zero-order chi connectivity index (χ0) is 29.5. The molecule has 0 saturated carbocycles. The van der Waals surface area contributed by atoms with Crippen molar-refractivity contribution in [2.45, 2.75) is 49.9 Å². The highest BCUT2D eigenvalue weighted by Gasteiger charge is 2.30. The summed E-state index contributed by atoms with van der Waals surface area (Å²) in [4.78, 5) is 54.5. The molecule has 0 aliphatic rings. The van der Waals surface area contributed by atoms with Gasteiger partial charge in [-0.15, -0.1) is 0 Å². The number of amides is 3. The minimum Gasteiger partial charge on any atom is -0.480 e. The number of nitrogens with two attached hydrogens (primary N) is 3. The molecule has 0 aliphatic carbocycles. The van der Waals surface area contributed by atoms with Gasteiger partial charge in [-0.3, -0.25) is 19.4 Å². The number of nitrogens with one attached hydrogen (secondary N) is 3. The molecule has 0 spiro atoms. The van der Waals surface area contributed by atoms with Crippen LogP contribution in [0.4, 0.5) is 0 Å². The van der Waals surface area contributed by atoms with E-state index in [9.17, 15) is 24.3 Å². The monoisotopic (exact) mass is 571 g/mol. The predicted octanol–water partition coefficient (Wildman–Crippen LogP) is -0.678. The number of nitrogens with zero attached hydrogens (tertiary/aromatic N) is 1. The van der Waals surface area contributed by atoms with Crippen molar-refractivity contribution in [3.8, 4) is 0 Å². The van der Waals surface area contributed by atoms with E-state index in [0.717, 1.165) is 11.1 Å². The molecular weight excluding hydrogens is 534 g/mol. The molecule has 3 amide bonds. The van der Waals surface area contributed by atoms with Crippen LogP contribution in [0, 0.1) is 0 Å². The summed E-state index contributed by atoms with van der Waals surface area (Å²) in [5, 5.41) is 17.2. The van der Waals surface area contributed by atoms with Gasteiger partial charge >= 0.3 is 5.97 Å². The summed E-state index contributed by atoms with van der Waals surface area (Å²) >= 11 is 4.16. The van der Waals surface area contributed by atoms with Crippen LogP contribution in [-0.2, 0) is 32.0 Å². The second-order valence-corrected chi connectivity index (χ2v) is 9.50. The fraction of sp³-hybridized carbons (Fsp3) is 0.370. The number of aliphatic imine (C=N–C) groups is 1. The molecule has 4 unspecified atom stereocenters. The topological polar surface area (TPSA) is 215 Å². The van der Waals surface area contributed by atoms with E-state index < -0.39 is 47.9 Å². The molecule has 0 aromatic heterocycles. The predicted molar refractivity (Wildman–Crippen MR) is 155 cm³/mol. The van der Waals surface area contributed by atoms with Crippen molar-refractivity contribution < 1.29 is 24.3 Å². The van der Waals surface area contributed by atoms with Crippen LogP contribution in [0.2, 0.25) is 0 Å². The summed E-state index contributed by atoms with van der Waals surface area (Å²) in [5.74, 6) is -3.38. The van der Waals surface area contributed by atoms with Crippen LogP contribution in [0.5, 0.6) is 0 Å². The Kier molecular flexibility index (Phi) is 13.5. The first-order valence-electron chi connectivity index (χ1n) is 12.7. The molecule has 0 saturated heterocycles. The molecule has 0 fully saturated rings. The number of carboxylic acids is 1. The van der Waals surface area contributed by atoms with Gasteiger partial charge in [-0.2, -0.15) is 12.6 Å². The fourth-order valence-electron chi connectivity index (χ4n) is 3.80. The molecule has 13 heteroatoms. The van der Waals surface area contributed by atoms with Crippen LogP contribution < -0.4 is 33.2 Å². The van der Waals surface area contributed by atoms with Gasteiger partial charge in [0, 0.05) is 18.7 Å². The van der Waals surface area contributed by atoms with Crippen molar-refractivity contribution in [2.75, 3.05) is 12.3 Å². The van der Waals surface area contributed by atoms with Gasteiger partial charge in [0.05, 0.1) is 6.04 Å². The van der Waals surface area contributed by atoms with E-state index in [2.05, 4.69) is 33.6 Å². The van der Waals surface area contributed by atoms with Crippen LogP contribution in [-0.4, -0.2) is 71.2 Å². The number of carbonyl (C=O) groups excluding carboxylic acids is 3. The molecule has 40 heavy (non-hydrogen) atoms. The second-order valence-electron chi connectivity index (χ2n) is 9.14. The van der Waals surface area contributed by atoms with E-state index in [0.29, 0.717) is 6.42 Å². The lowest BCUT2D eigenvalue weighted by Crippen LogP contribution is -2.58. The molecule has 0 heterocycles. The first-order valence-corrected chi connectivity index (χ1v) is 13.4. The Labute approximate surface area is 238 Å². The zero-order valence-electron chi connectivity index (χ0n) is 22.0. The van der Waals surface area contributed by atoms with Crippen molar-refractivity contribution in [2.24, 2.45) is 22.2 Å². The third-order valence-corrected chi connectivity index (χ3v) is 6.29. The minimum absolute atomic E-state index is 0.0666. The maximum absolute atomic E-state index is 13.3. The lowest BCUT2D eigenvalue weighted by atomic mass is 10.0. The lowest BCUT2D eigenvalue weighted by Gasteiger charge is -2.24. The van der Waals surface area contributed by atoms with Gasteiger partial charge in [-0.05, 0) is 30.4 Å². The Balaban J connectivity index is 2.09. The molecule has 0 bridgehead atoms. The molecule has 12 nitrogen and oxygen atoms in total. The number of rotatable bonds is 16. The molecule has 2 aromatic carbocycles. The van der Waals surface area contributed by atoms with Crippen molar-refractivity contribution in [1.82, 2.24) is 16.0 Å². The van der Waals surface area contributed by atoms with Crippen molar-refractivity contribution >= 4 is 42.3 Å². The van der Waals surface area contributed by atoms with Gasteiger partial charge < -0.3 is 38.3 Å². The van der Waals surface area contributed by atoms with Crippen molar-refractivity contribution in [3.63, 3.8) is 0 Å². The highest BCUT2D eigenvalue weighted by Crippen LogP contribution is 2.07. The number of carboxylic acid groups (broad SMARTS) is 1. The molecule has 4 atom stereocenters. The number of hydrogen-bond donors (Lipinski definition) is 8. The van der Waals surface area contributed by atoms with Crippen LogP contribution in [0.3, 0.4) is 0 Å². The quantitative estimate of drug-likeness (QED) is 0.0558. The summed E-state index contributed by atoms with van der Waals surface area (Å²) < 4.78 is 0. The molecular formula is C27H37N7O5S. The summed E-state index contributed by atoms with van der Waals surface area (Å²) in [6.07, 6.45) is 0.784. The van der Waals surface area contributed by atoms with Gasteiger partial charge in [0.2, 0.25) is 17.7 Å². The van der Waals surface area contributed by atoms with E-state index in [-0.39, 0.29) is 37.5 Å². The zero-order valence-corrected chi connectivity index (χ0v) is 22.9. The van der Waals surface area contributed by atoms with E-state index in [4.69, 9.17) is 17.2 Å². The van der Waals surface area contributed by atoms with E-state index >= 15 is 0 Å². The second kappa shape index (κ2) is 16.8. The maximum atomic E-state index is 13.3. The van der Waals surface area contributed by atoms with Crippen LogP contribution in [0.25, 0.3) is 0 Å². The fourth-order valence-corrected chi connectivity index (χ4v) is 4.06. The maximum Gasteiger partial charge on any atom is 0.326 e. The first kappa shape index (κ1) is 32.1.